The van der Waals surface area contributed by atoms with Crippen LogP contribution in [0, 0.1) is 5.92 Å². The van der Waals surface area contributed by atoms with Crippen molar-refractivity contribution in [3.8, 4) is 0 Å². The molecule has 1 heterocycles. The highest BCUT2D eigenvalue weighted by atomic mass is 16.7. The van der Waals surface area contributed by atoms with Crippen LogP contribution in [0.5, 0.6) is 0 Å². The molecule has 1 aliphatic heterocycles. The lowest BCUT2D eigenvalue weighted by molar-refractivity contribution is -0.192. The first-order valence-corrected chi connectivity index (χ1v) is 7.79. The summed E-state index contributed by atoms with van der Waals surface area (Å²) < 4.78 is 0. The predicted molar refractivity (Wildman–Crippen MR) is 69.6 cm³/mol. The molecule has 0 aromatic rings. The number of nitrogens with zero attached hydrogens (tertiary/aromatic N) is 1. The van der Waals surface area contributed by atoms with Crippen molar-refractivity contribution < 1.29 is 4.84 Å². The average Bonchev–Trinajstić information content (AvgIpc) is 2.98. The smallest absolute Gasteiger partial charge is 0.0781 e. The van der Waals surface area contributed by atoms with Gasteiger partial charge in [-0.1, -0.05) is 32.1 Å². The van der Waals surface area contributed by atoms with Crippen LogP contribution in [0.1, 0.15) is 71.1 Å². The van der Waals surface area contributed by atoms with Crippen LogP contribution in [-0.2, 0) is 4.84 Å². The lowest BCUT2D eigenvalue weighted by Gasteiger charge is -2.35. The molecule has 2 aliphatic carbocycles. The molecule has 0 bridgehead atoms. The van der Waals surface area contributed by atoms with Gasteiger partial charge in [-0.05, 0) is 44.9 Å². The summed E-state index contributed by atoms with van der Waals surface area (Å²) in [5.74, 6) is 0.925. The van der Waals surface area contributed by atoms with Crippen molar-refractivity contribution in [2.75, 3.05) is 0 Å². The topological polar surface area (TPSA) is 12.5 Å². The molecule has 2 heteroatoms. The van der Waals surface area contributed by atoms with E-state index >= 15 is 0 Å². The zero-order valence-corrected chi connectivity index (χ0v) is 11.2. The summed E-state index contributed by atoms with van der Waals surface area (Å²) in [6.45, 7) is 2.25. The first-order valence-electron chi connectivity index (χ1n) is 7.79. The summed E-state index contributed by atoms with van der Waals surface area (Å²) in [6.07, 6.45) is 14.6. The van der Waals surface area contributed by atoms with Crippen molar-refractivity contribution in [1.82, 2.24) is 5.06 Å². The van der Waals surface area contributed by atoms with Crippen molar-refractivity contribution in [2.45, 2.75) is 89.3 Å². The van der Waals surface area contributed by atoms with Crippen LogP contribution in [0.25, 0.3) is 0 Å². The van der Waals surface area contributed by atoms with Gasteiger partial charge in [0, 0.05) is 12.1 Å². The van der Waals surface area contributed by atoms with E-state index in [9.17, 15) is 0 Å². The van der Waals surface area contributed by atoms with Gasteiger partial charge in [-0.25, -0.2) is 0 Å². The summed E-state index contributed by atoms with van der Waals surface area (Å²) >= 11 is 0. The summed E-state index contributed by atoms with van der Waals surface area (Å²) in [5, 5.41) is 2.45. The fourth-order valence-corrected chi connectivity index (χ4v) is 4.21. The number of rotatable bonds is 2. The maximum absolute atomic E-state index is 6.14. The Morgan fingerprint density at radius 3 is 2.24 bits per heavy atom. The summed E-state index contributed by atoms with van der Waals surface area (Å²) in [6, 6.07) is 1.49. The van der Waals surface area contributed by atoms with Gasteiger partial charge in [0.25, 0.3) is 0 Å². The molecule has 2 atom stereocenters. The molecule has 3 fully saturated rings. The second-order valence-electron chi connectivity index (χ2n) is 6.42. The van der Waals surface area contributed by atoms with Crippen LogP contribution in [-0.4, -0.2) is 23.3 Å². The van der Waals surface area contributed by atoms with Crippen molar-refractivity contribution >= 4 is 0 Å². The molecule has 0 amide bonds. The van der Waals surface area contributed by atoms with Gasteiger partial charge >= 0.3 is 0 Å². The van der Waals surface area contributed by atoms with Gasteiger partial charge in [0.05, 0.1) is 6.10 Å². The van der Waals surface area contributed by atoms with E-state index in [1.807, 2.05) is 0 Å². The minimum Gasteiger partial charge on any atom is -0.295 e. The van der Waals surface area contributed by atoms with Crippen molar-refractivity contribution in [3.05, 3.63) is 0 Å². The normalized spacial score (nSPS) is 37.9. The Bertz CT molecular complexity index is 243. The van der Waals surface area contributed by atoms with E-state index < -0.39 is 0 Å². The van der Waals surface area contributed by atoms with Gasteiger partial charge < -0.3 is 0 Å². The molecule has 2 saturated carbocycles. The standard InChI is InChI=1S/C15H27NO/c1-12-11-15(13-7-3-2-4-8-13)16(17-12)14-9-5-6-10-14/h12-15H,2-11H2,1H3. The van der Waals surface area contributed by atoms with Crippen molar-refractivity contribution in [3.63, 3.8) is 0 Å². The first-order chi connectivity index (χ1) is 8.34. The predicted octanol–water partition coefficient (Wildman–Crippen LogP) is 3.90. The van der Waals surface area contributed by atoms with E-state index in [1.165, 1.54) is 64.2 Å². The monoisotopic (exact) mass is 237 g/mol. The van der Waals surface area contributed by atoms with E-state index in [1.54, 1.807) is 0 Å². The molecule has 98 valence electrons. The minimum absolute atomic E-state index is 0.461. The maximum Gasteiger partial charge on any atom is 0.0781 e. The molecule has 3 rings (SSSR count). The molecule has 0 aromatic carbocycles. The average molecular weight is 237 g/mol. The molecule has 0 aromatic heterocycles. The minimum atomic E-state index is 0.461. The van der Waals surface area contributed by atoms with Crippen LogP contribution < -0.4 is 0 Å². The molecule has 0 radical (unpaired) electrons. The largest absolute Gasteiger partial charge is 0.295 e. The van der Waals surface area contributed by atoms with E-state index in [0.29, 0.717) is 6.10 Å². The highest BCUT2D eigenvalue weighted by Gasteiger charge is 2.41. The molecule has 0 spiro atoms. The summed E-state index contributed by atoms with van der Waals surface area (Å²) in [7, 11) is 0. The Hall–Kier alpha value is -0.0800. The quantitative estimate of drug-likeness (QED) is 0.722. The SMILES string of the molecule is CC1CC(C2CCCCC2)N(C2CCCC2)O1. The van der Waals surface area contributed by atoms with Crippen LogP contribution in [0.15, 0.2) is 0 Å². The molecule has 3 aliphatic rings. The zero-order valence-electron chi connectivity index (χ0n) is 11.2. The molecule has 2 nitrogen and oxygen atoms in total. The van der Waals surface area contributed by atoms with Crippen LogP contribution in [0.4, 0.5) is 0 Å². The number of hydrogen-bond donors (Lipinski definition) is 0. The Morgan fingerprint density at radius 1 is 0.882 bits per heavy atom. The first kappa shape index (κ1) is 12.0. The second kappa shape index (κ2) is 5.27. The van der Waals surface area contributed by atoms with Gasteiger partial charge in [-0.15, -0.1) is 0 Å². The van der Waals surface area contributed by atoms with Crippen LogP contribution in [0.2, 0.25) is 0 Å². The Balaban J connectivity index is 1.67. The zero-order chi connectivity index (χ0) is 11.7. The number of hydrogen-bond acceptors (Lipinski definition) is 2. The van der Waals surface area contributed by atoms with Crippen LogP contribution in [0.3, 0.4) is 0 Å². The lowest BCUT2D eigenvalue weighted by Crippen LogP contribution is -2.41. The molecule has 1 saturated heterocycles. The third-order valence-electron chi connectivity index (χ3n) is 5.08. The Kier molecular flexibility index (Phi) is 3.72. The molecule has 0 N–H and O–H groups in total. The van der Waals surface area contributed by atoms with Crippen molar-refractivity contribution in [1.29, 1.82) is 0 Å². The van der Waals surface area contributed by atoms with Gasteiger partial charge in [-0.2, -0.15) is 5.06 Å². The van der Waals surface area contributed by atoms with E-state index in [0.717, 1.165) is 18.0 Å². The number of hydroxylamine groups is 2. The molecular weight excluding hydrogens is 210 g/mol. The van der Waals surface area contributed by atoms with E-state index in [4.69, 9.17) is 4.84 Å². The Morgan fingerprint density at radius 2 is 1.53 bits per heavy atom. The van der Waals surface area contributed by atoms with Crippen molar-refractivity contribution in [2.24, 2.45) is 5.92 Å². The van der Waals surface area contributed by atoms with Crippen LogP contribution >= 0.6 is 0 Å². The van der Waals surface area contributed by atoms with Gasteiger partial charge in [0.15, 0.2) is 0 Å². The van der Waals surface area contributed by atoms with E-state index in [2.05, 4.69) is 12.0 Å². The third-order valence-corrected chi connectivity index (χ3v) is 5.08. The highest BCUT2D eigenvalue weighted by Crippen LogP contribution is 2.39. The summed E-state index contributed by atoms with van der Waals surface area (Å²) in [4.78, 5) is 6.14. The molecule has 2 unspecified atom stereocenters. The fourth-order valence-electron chi connectivity index (χ4n) is 4.21. The molecular formula is C15H27NO. The lowest BCUT2D eigenvalue weighted by atomic mass is 9.82. The van der Waals surface area contributed by atoms with Gasteiger partial charge in [-0.3, -0.25) is 4.84 Å². The second-order valence-corrected chi connectivity index (χ2v) is 6.42. The van der Waals surface area contributed by atoms with E-state index in [-0.39, 0.29) is 0 Å². The summed E-state index contributed by atoms with van der Waals surface area (Å²) in [5.41, 5.74) is 0. The molecule has 17 heavy (non-hydrogen) atoms. The fraction of sp³-hybridized carbons (Fsp3) is 1.00. The highest BCUT2D eigenvalue weighted by molar-refractivity contribution is 4.88. The van der Waals surface area contributed by atoms with Gasteiger partial charge in [0.2, 0.25) is 0 Å². The Labute approximate surface area is 106 Å². The third kappa shape index (κ3) is 2.53. The maximum atomic E-state index is 6.14. The van der Waals surface area contributed by atoms with Gasteiger partial charge in [0.1, 0.15) is 0 Å².